The van der Waals surface area contributed by atoms with Crippen LogP contribution in [-0.4, -0.2) is 36.7 Å². The molecule has 6 heteroatoms. The van der Waals surface area contributed by atoms with Gasteiger partial charge in [-0.3, -0.25) is 9.48 Å². The van der Waals surface area contributed by atoms with Crippen LogP contribution in [0.25, 0.3) is 11.0 Å². The third-order valence-electron chi connectivity index (χ3n) is 4.90. The SMILES string of the molecule is Cc1cc(C(=O)N2CCCC2c2cccn2C)c2cnn(C)c2n1. The van der Waals surface area contributed by atoms with E-state index in [2.05, 4.69) is 20.7 Å². The highest BCUT2D eigenvalue weighted by molar-refractivity contribution is 6.05. The van der Waals surface area contributed by atoms with E-state index < -0.39 is 0 Å². The largest absolute Gasteiger partial charge is 0.353 e. The second-order valence-corrected chi connectivity index (χ2v) is 6.52. The normalized spacial score (nSPS) is 17.8. The number of carbonyl (C=O) groups is 1. The minimum atomic E-state index is 0.0715. The van der Waals surface area contributed by atoms with Crippen LogP contribution in [0.1, 0.15) is 40.6 Å². The van der Waals surface area contributed by atoms with E-state index in [0.29, 0.717) is 5.56 Å². The summed E-state index contributed by atoms with van der Waals surface area (Å²) in [6, 6.07) is 6.16. The number of pyridine rings is 1. The van der Waals surface area contributed by atoms with E-state index in [0.717, 1.165) is 36.1 Å². The lowest BCUT2D eigenvalue weighted by Crippen LogP contribution is -2.31. The van der Waals surface area contributed by atoms with Gasteiger partial charge in [-0.25, -0.2) is 4.98 Å². The summed E-state index contributed by atoms with van der Waals surface area (Å²) < 4.78 is 3.82. The number of aromatic nitrogens is 4. The number of hydrogen-bond acceptors (Lipinski definition) is 3. The topological polar surface area (TPSA) is 56.0 Å². The fourth-order valence-corrected chi connectivity index (χ4v) is 3.71. The van der Waals surface area contributed by atoms with Crippen molar-refractivity contribution in [3.8, 4) is 0 Å². The fraction of sp³-hybridized carbons (Fsp3) is 0.389. The number of amides is 1. The molecule has 1 aliphatic heterocycles. The second kappa shape index (κ2) is 5.47. The molecule has 3 aromatic rings. The molecule has 0 saturated carbocycles. The Morgan fingerprint density at radius 3 is 2.92 bits per heavy atom. The Morgan fingerprint density at radius 2 is 2.17 bits per heavy atom. The average Bonchev–Trinajstić information content (AvgIpc) is 3.26. The molecule has 124 valence electrons. The zero-order valence-electron chi connectivity index (χ0n) is 14.2. The first kappa shape index (κ1) is 14.9. The number of hydrogen-bond donors (Lipinski definition) is 0. The van der Waals surface area contributed by atoms with Gasteiger partial charge in [0, 0.05) is 38.2 Å². The van der Waals surface area contributed by atoms with Crippen LogP contribution in [-0.2, 0) is 14.1 Å². The van der Waals surface area contributed by atoms with Crippen molar-refractivity contribution in [2.75, 3.05) is 6.54 Å². The number of carbonyl (C=O) groups excluding carboxylic acids is 1. The molecule has 6 nitrogen and oxygen atoms in total. The molecule has 1 aliphatic rings. The highest BCUT2D eigenvalue weighted by Gasteiger charge is 2.33. The molecule has 1 fully saturated rings. The Morgan fingerprint density at radius 1 is 1.33 bits per heavy atom. The van der Waals surface area contributed by atoms with Gasteiger partial charge < -0.3 is 9.47 Å². The second-order valence-electron chi connectivity index (χ2n) is 6.52. The van der Waals surface area contributed by atoms with Crippen LogP contribution in [0, 0.1) is 6.92 Å². The van der Waals surface area contributed by atoms with Gasteiger partial charge in [-0.15, -0.1) is 0 Å². The van der Waals surface area contributed by atoms with E-state index in [1.807, 2.05) is 44.2 Å². The third kappa shape index (κ3) is 2.21. The van der Waals surface area contributed by atoms with Gasteiger partial charge in [-0.2, -0.15) is 5.10 Å². The Bertz CT molecular complexity index is 923. The summed E-state index contributed by atoms with van der Waals surface area (Å²) in [7, 11) is 3.89. The van der Waals surface area contributed by atoms with Crippen LogP contribution in [0.3, 0.4) is 0 Å². The molecular weight excluding hydrogens is 302 g/mol. The lowest BCUT2D eigenvalue weighted by Gasteiger charge is -2.25. The molecule has 4 rings (SSSR count). The van der Waals surface area contributed by atoms with E-state index in [1.54, 1.807) is 10.9 Å². The molecule has 0 aliphatic carbocycles. The number of nitrogens with zero attached hydrogens (tertiary/aromatic N) is 5. The molecule has 0 radical (unpaired) electrons. The summed E-state index contributed by atoms with van der Waals surface area (Å²) >= 11 is 0. The summed E-state index contributed by atoms with van der Waals surface area (Å²) in [6.45, 7) is 2.71. The van der Waals surface area contributed by atoms with Gasteiger partial charge in [0.25, 0.3) is 5.91 Å². The van der Waals surface area contributed by atoms with E-state index in [4.69, 9.17) is 0 Å². The van der Waals surface area contributed by atoms with Crippen molar-refractivity contribution < 1.29 is 4.79 Å². The molecule has 1 unspecified atom stereocenters. The van der Waals surface area contributed by atoms with Gasteiger partial charge >= 0.3 is 0 Å². The first-order valence-corrected chi connectivity index (χ1v) is 8.28. The van der Waals surface area contributed by atoms with Crippen LogP contribution in [0.4, 0.5) is 0 Å². The quantitative estimate of drug-likeness (QED) is 0.728. The Kier molecular flexibility index (Phi) is 3.40. The minimum absolute atomic E-state index is 0.0715. The molecule has 3 aromatic heterocycles. The maximum absolute atomic E-state index is 13.3. The summed E-state index contributed by atoms with van der Waals surface area (Å²) in [5.41, 5.74) is 3.48. The standard InChI is InChI=1S/C18H21N5O/c1-12-10-13(14-11-19-22(3)17(14)20-12)18(24)23-9-5-7-16(23)15-6-4-8-21(15)2/h4,6,8,10-11,16H,5,7,9H2,1-3H3. The smallest absolute Gasteiger partial charge is 0.255 e. The molecule has 0 spiro atoms. The molecule has 1 atom stereocenters. The van der Waals surface area contributed by atoms with Crippen molar-refractivity contribution in [2.45, 2.75) is 25.8 Å². The molecule has 24 heavy (non-hydrogen) atoms. The Hall–Kier alpha value is -2.63. The predicted octanol–water partition coefficient (Wildman–Crippen LogP) is 2.59. The molecule has 1 saturated heterocycles. The minimum Gasteiger partial charge on any atom is -0.353 e. The van der Waals surface area contributed by atoms with Gasteiger partial charge in [0.1, 0.15) is 0 Å². The van der Waals surface area contributed by atoms with Crippen LogP contribution >= 0.6 is 0 Å². The number of likely N-dealkylation sites (tertiary alicyclic amines) is 1. The molecule has 0 N–H and O–H groups in total. The molecule has 0 bridgehead atoms. The van der Waals surface area contributed by atoms with Crippen LogP contribution in [0.2, 0.25) is 0 Å². The van der Waals surface area contributed by atoms with Crippen molar-refractivity contribution in [1.29, 1.82) is 0 Å². The zero-order valence-corrected chi connectivity index (χ0v) is 14.2. The first-order chi connectivity index (χ1) is 11.6. The van der Waals surface area contributed by atoms with Crippen molar-refractivity contribution in [1.82, 2.24) is 24.2 Å². The van der Waals surface area contributed by atoms with Crippen LogP contribution in [0.15, 0.2) is 30.6 Å². The lowest BCUT2D eigenvalue weighted by molar-refractivity contribution is 0.0733. The first-order valence-electron chi connectivity index (χ1n) is 8.28. The van der Waals surface area contributed by atoms with E-state index in [-0.39, 0.29) is 11.9 Å². The summed E-state index contributed by atoms with van der Waals surface area (Å²) in [4.78, 5) is 19.8. The summed E-state index contributed by atoms with van der Waals surface area (Å²) in [6.07, 6.45) is 5.81. The van der Waals surface area contributed by atoms with E-state index >= 15 is 0 Å². The highest BCUT2D eigenvalue weighted by Crippen LogP contribution is 2.34. The van der Waals surface area contributed by atoms with E-state index in [1.165, 1.54) is 5.69 Å². The van der Waals surface area contributed by atoms with Gasteiger partial charge in [-0.05, 0) is 38.0 Å². The van der Waals surface area contributed by atoms with Crippen molar-refractivity contribution in [3.05, 3.63) is 47.5 Å². The molecule has 0 aromatic carbocycles. The highest BCUT2D eigenvalue weighted by atomic mass is 16.2. The molecule has 1 amide bonds. The Balaban J connectivity index is 1.77. The van der Waals surface area contributed by atoms with Gasteiger partial charge in [-0.1, -0.05) is 0 Å². The number of rotatable bonds is 2. The summed E-state index contributed by atoms with van der Waals surface area (Å²) in [5, 5.41) is 5.09. The van der Waals surface area contributed by atoms with Gasteiger partial charge in [0.05, 0.1) is 23.2 Å². The number of fused-ring (bicyclic) bond motifs is 1. The molecule has 4 heterocycles. The third-order valence-corrected chi connectivity index (χ3v) is 4.90. The predicted molar refractivity (Wildman–Crippen MR) is 91.7 cm³/mol. The number of aryl methyl sites for hydroxylation is 3. The van der Waals surface area contributed by atoms with Gasteiger partial charge in [0.2, 0.25) is 0 Å². The summed E-state index contributed by atoms with van der Waals surface area (Å²) in [5.74, 6) is 0.0715. The van der Waals surface area contributed by atoms with E-state index in [9.17, 15) is 4.79 Å². The lowest BCUT2D eigenvalue weighted by atomic mass is 10.1. The van der Waals surface area contributed by atoms with Crippen LogP contribution in [0.5, 0.6) is 0 Å². The van der Waals surface area contributed by atoms with Crippen molar-refractivity contribution >= 4 is 16.9 Å². The zero-order chi connectivity index (χ0) is 16.8. The maximum atomic E-state index is 13.3. The molecular formula is C18H21N5O. The van der Waals surface area contributed by atoms with Crippen molar-refractivity contribution in [2.24, 2.45) is 14.1 Å². The Labute approximate surface area is 140 Å². The van der Waals surface area contributed by atoms with Gasteiger partial charge in [0.15, 0.2) is 5.65 Å². The maximum Gasteiger partial charge on any atom is 0.255 e. The monoisotopic (exact) mass is 323 g/mol. The van der Waals surface area contributed by atoms with Crippen LogP contribution < -0.4 is 0 Å². The average molecular weight is 323 g/mol. The fourth-order valence-electron chi connectivity index (χ4n) is 3.71. The van der Waals surface area contributed by atoms with Crippen molar-refractivity contribution in [3.63, 3.8) is 0 Å².